The number of H-pyrrole nitrogens is 1. The van der Waals surface area contributed by atoms with Gasteiger partial charge in [-0.25, -0.2) is 0 Å². The van der Waals surface area contributed by atoms with Gasteiger partial charge in [-0.05, 0) is 24.1 Å². The number of amides is 2. The van der Waals surface area contributed by atoms with Gasteiger partial charge in [0.2, 0.25) is 11.8 Å². The molecule has 0 radical (unpaired) electrons. The smallest absolute Gasteiger partial charge is 0.243 e. The van der Waals surface area contributed by atoms with Gasteiger partial charge >= 0.3 is 0 Å². The number of rotatable bonds is 6. The van der Waals surface area contributed by atoms with Gasteiger partial charge in [0.25, 0.3) is 0 Å². The van der Waals surface area contributed by atoms with E-state index in [0.717, 1.165) is 16.8 Å². The summed E-state index contributed by atoms with van der Waals surface area (Å²) in [7, 11) is 0. The molecule has 156 valence electrons. The average molecular weight is 409 g/mol. The molecule has 2 aromatic heterocycles. The van der Waals surface area contributed by atoms with Crippen molar-refractivity contribution in [1.82, 2.24) is 25.6 Å². The molecule has 1 fully saturated rings. The molecule has 30 heavy (non-hydrogen) atoms. The number of likely N-dealkylation sites (tertiary alicyclic amines) is 1. The first-order valence-electron chi connectivity index (χ1n) is 9.75. The minimum Gasteiger partial charge on any atom is -0.391 e. The summed E-state index contributed by atoms with van der Waals surface area (Å²) >= 11 is 0. The zero-order valence-corrected chi connectivity index (χ0v) is 16.5. The van der Waals surface area contributed by atoms with Gasteiger partial charge in [-0.15, -0.1) is 0 Å². The molecular formula is C21H23N5O4. The lowest BCUT2D eigenvalue weighted by atomic mass is 10.1. The molecule has 3 N–H and O–H groups in total. The van der Waals surface area contributed by atoms with Crippen LogP contribution < -0.4 is 5.32 Å². The molecule has 3 aromatic rings. The number of β-amino-alcohol motifs (C(OH)–C–C–N with tert-alkyl or cyclic N) is 1. The molecule has 4 rings (SSSR count). The van der Waals surface area contributed by atoms with Gasteiger partial charge in [0.1, 0.15) is 11.8 Å². The second-order valence-electron chi connectivity index (χ2n) is 7.45. The summed E-state index contributed by atoms with van der Waals surface area (Å²) < 4.78 is 5.09. The highest BCUT2D eigenvalue weighted by Gasteiger charge is 2.38. The third kappa shape index (κ3) is 4.41. The maximum atomic E-state index is 12.7. The number of aromatic amines is 1. The fraction of sp³-hybridized carbons (Fsp3) is 0.333. The molecule has 0 aliphatic carbocycles. The highest BCUT2D eigenvalue weighted by atomic mass is 16.5. The normalized spacial score (nSPS) is 18.5. The number of aliphatic hydroxyl groups excluding tert-OH is 1. The van der Waals surface area contributed by atoms with Crippen LogP contribution in [-0.4, -0.2) is 55.9 Å². The van der Waals surface area contributed by atoms with E-state index < -0.39 is 12.1 Å². The number of aliphatic hydroxyl groups is 1. The van der Waals surface area contributed by atoms with E-state index in [4.69, 9.17) is 4.52 Å². The van der Waals surface area contributed by atoms with Crippen LogP contribution >= 0.6 is 0 Å². The van der Waals surface area contributed by atoms with Crippen LogP contribution in [0.15, 0.2) is 47.1 Å². The summed E-state index contributed by atoms with van der Waals surface area (Å²) in [6.45, 7) is 2.23. The van der Waals surface area contributed by atoms with E-state index >= 15 is 0 Å². The molecule has 2 atom stereocenters. The standard InChI is InChI=1S/C21H23N5O4/c1-13-8-17(30-25-13)10-20(28)26-12-16(27)9-19(26)21(29)22-11-14-2-4-15(5-3-14)18-6-7-23-24-18/h2-8,16,19,27H,9-12H2,1H3,(H,22,29)(H,23,24)/t16-,19-/m0/s1. The molecule has 1 aromatic carbocycles. The van der Waals surface area contributed by atoms with Crippen molar-refractivity contribution in [3.05, 3.63) is 59.6 Å². The maximum absolute atomic E-state index is 12.7. The van der Waals surface area contributed by atoms with Gasteiger partial charge < -0.3 is 19.8 Å². The number of hydrogen-bond donors (Lipinski definition) is 3. The van der Waals surface area contributed by atoms with Crippen LogP contribution in [0.4, 0.5) is 0 Å². The highest BCUT2D eigenvalue weighted by molar-refractivity contribution is 5.89. The molecule has 1 aliphatic heterocycles. The quantitative estimate of drug-likeness (QED) is 0.562. The highest BCUT2D eigenvalue weighted by Crippen LogP contribution is 2.21. The largest absolute Gasteiger partial charge is 0.391 e. The fourth-order valence-corrected chi connectivity index (χ4v) is 3.61. The van der Waals surface area contributed by atoms with Gasteiger partial charge in [0.05, 0.1) is 23.9 Å². The molecule has 1 saturated heterocycles. The van der Waals surface area contributed by atoms with E-state index in [1.54, 1.807) is 19.2 Å². The van der Waals surface area contributed by atoms with Crippen molar-refractivity contribution in [3.8, 4) is 11.3 Å². The van der Waals surface area contributed by atoms with Crippen molar-refractivity contribution in [2.24, 2.45) is 0 Å². The lowest BCUT2D eigenvalue weighted by Crippen LogP contribution is -2.46. The van der Waals surface area contributed by atoms with Crippen LogP contribution in [0.25, 0.3) is 11.3 Å². The first kappa shape index (κ1) is 19.8. The van der Waals surface area contributed by atoms with E-state index in [0.29, 0.717) is 18.0 Å². The SMILES string of the molecule is Cc1cc(CC(=O)N2C[C@@H](O)C[C@H]2C(=O)NCc2ccc(-c3ccn[nH]3)cc2)on1. The molecule has 2 amide bonds. The predicted molar refractivity (Wildman–Crippen MR) is 107 cm³/mol. The van der Waals surface area contributed by atoms with E-state index in [1.807, 2.05) is 30.3 Å². The van der Waals surface area contributed by atoms with Crippen LogP contribution in [0, 0.1) is 6.92 Å². The van der Waals surface area contributed by atoms with Gasteiger partial charge in [0, 0.05) is 31.8 Å². The third-order valence-corrected chi connectivity index (χ3v) is 5.14. The van der Waals surface area contributed by atoms with E-state index in [-0.39, 0.29) is 31.2 Å². The van der Waals surface area contributed by atoms with Crippen molar-refractivity contribution < 1.29 is 19.2 Å². The summed E-state index contributed by atoms with van der Waals surface area (Å²) in [6.07, 6.45) is 1.18. The number of nitrogens with one attached hydrogen (secondary N) is 2. The summed E-state index contributed by atoms with van der Waals surface area (Å²) in [6, 6.07) is 10.6. The Balaban J connectivity index is 1.36. The van der Waals surface area contributed by atoms with E-state index in [9.17, 15) is 14.7 Å². The van der Waals surface area contributed by atoms with Gasteiger partial charge in [0.15, 0.2) is 0 Å². The minimum absolute atomic E-state index is 0.00635. The summed E-state index contributed by atoms with van der Waals surface area (Å²) in [5.41, 5.74) is 3.54. The van der Waals surface area contributed by atoms with Crippen LogP contribution in [0.1, 0.15) is 23.4 Å². The Labute approximate surface area is 173 Å². The zero-order valence-electron chi connectivity index (χ0n) is 16.5. The molecule has 1 aliphatic rings. The number of hydrogen-bond acceptors (Lipinski definition) is 6. The van der Waals surface area contributed by atoms with Gasteiger partial charge in [-0.1, -0.05) is 29.4 Å². The van der Waals surface area contributed by atoms with Crippen molar-refractivity contribution >= 4 is 11.8 Å². The number of aromatic nitrogens is 3. The zero-order chi connectivity index (χ0) is 21.1. The summed E-state index contributed by atoms with van der Waals surface area (Å²) in [5, 5.41) is 23.5. The van der Waals surface area contributed by atoms with Crippen molar-refractivity contribution in [1.29, 1.82) is 0 Å². The second-order valence-corrected chi connectivity index (χ2v) is 7.45. The van der Waals surface area contributed by atoms with E-state index in [2.05, 4.69) is 20.7 Å². The molecule has 3 heterocycles. The number of nitrogens with zero attached hydrogens (tertiary/aromatic N) is 3. The lowest BCUT2D eigenvalue weighted by molar-refractivity contribution is -0.138. The number of benzene rings is 1. The lowest BCUT2D eigenvalue weighted by Gasteiger charge is -2.23. The Hall–Kier alpha value is -3.46. The average Bonchev–Trinajstić information content (AvgIpc) is 3.48. The molecule has 0 bridgehead atoms. The first-order valence-corrected chi connectivity index (χ1v) is 9.75. The van der Waals surface area contributed by atoms with Crippen LogP contribution in [0.5, 0.6) is 0 Å². The predicted octanol–water partition coefficient (Wildman–Crippen LogP) is 1.19. The molecule has 0 spiro atoms. The summed E-state index contributed by atoms with van der Waals surface area (Å²) in [5.74, 6) is -0.117. The van der Waals surface area contributed by atoms with Crippen molar-refractivity contribution in [2.45, 2.75) is 38.5 Å². The van der Waals surface area contributed by atoms with Crippen LogP contribution in [-0.2, 0) is 22.6 Å². The van der Waals surface area contributed by atoms with Crippen LogP contribution in [0.3, 0.4) is 0 Å². The Bertz CT molecular complexity index is 1010. The maximum Gasteiger partial charge on any atom is 0.243 e. The second kappa shape index (κ2) is 8.50. The summed E-state index contributed by atoms with van der Waals surface area (Å²) in [4.78, 5) is 26.8. The third-order valence-electron chi connectivity index (χ3n) is 5.14. The Kier molecular flexibility index (Phi) is 5.62. The minimum atomic E-state index is -0.727. The molecule has 9 heteroatoms. The molecule has 9 nitrogen and oxygen atoms in total. The Morgan fingerprint density at radius 1 is 1.30 bits per heavy atom. The molecule has 0 saturated carbocycles. The number of aryl methyl sites for hydroxylation is 1. The number of carbonyl (C=O) groups excluding carboxylic acids is 2. The Morgan fingerprint density at radius 3 is 2.77 bits per heavy atom. The van der Waals surface area contributed by atoms with Gasteiger partial charge in [-0.2, -0.15) is 5.10 Å². The number of carbonyl (C=O) groups is 2. The van der Waals surface area contributed by atoms with Crippen LogP contribution in [0.2, 0.25) is 0 Å². The van der Waals surface area contributed by atoms with Gasteiger partial charge in [-0.3, -0.25) is 14.7 Å². The van der Waals surface area contributed by atoms with E-state index in [1.165, 1.54) is 4.90 Å². The van der Waals surface area contributed by atoms with Crippen molar-refractivity contribution in [3.63, 3.8) is 0 Å². The van der Waals surface area contributed by atoms with Crippen molar-refractivity contribution in [2.75, 3.05) is 6.54 Å². The molecule has 0 unspecified atom stereocenters. The fourth-order valence-electron chi connectivity index (χ4n) is 3.61. The molecular weight excluding hydrogens is 386 g/mol. The first-order chi connectivity index (χ1) is 14.5. The monoisotopic (exact) mass is 409 g/mol. The topological polar surface area (TPSA) is 124 Å². The Morgan fingerprint density at radius 2 is 2.10 bits per heavy atom.